The van der Waals surface area contributed by atoms with E-state index in [1.54, 1.807) is 0 Å². The number of halogens is 1. The molecule has 2 aromatic rings. The van der Waals surface area contributed by atoms with Gasteiger partial charge in [-0.2, -0.15) is 0 Å². The molecule has 2 heteroatoms. The summed E-state index contributed by atoms with van der Waals surface area (Å²) >= 11 is 3.46. The molecule has 2 aromatic carbocycles. The van der Waals surface area contributed by atoms with Crippen LogP contribution in [0.5, 0.6) is 0 Å². The minimum Gasteiger partial charge on any atom is -0.289 e. The predicted octanol–water partition coefficient (Wildman–Crippen LogP) is 3.99. The van der Waals surface area contributed by atoms with E-state index in [9.17, 15) is 4.79 Å². The first-order valence-corrected chi connectivity index (χ1v) is 5.84. The summed E-state index contributed by atoms with van der Waals surface area (Å²) in [6.45, 7) is 1.98. The average Bonchev–Trinajstić information content (AvgIpc) is 2.33. The second-order valence-corrected chi connectivity index (χ2v) is 4.42. The second-order valence-electron chi connectivity index (χ2n) is 3.63. The smallest absolute Gasteiger partial charge is 0.194 e. The Hall–Kier alpha value is -1.41. The zero-order valence-corrected chi connectivity index (χ0v) is 10.5. The van der Waals surface area contributed by atoms with E-state index in [1.165, 1.54) is 0 Å². The largest absolute Gasteiger partial charge is 0.289 e. The lowest BCUT2D eigenvalue weighted by molar-refractivity contribution is 0.103. The first kappa shape index (κ1) is 11.1. The Labute approximate surface area is 103 Å². The van der Waals surface area contributed by atoms with Crippen LogP contribution in [0.4, 0.5) is 0 Å². The molecule has 0 radical (unpaired) electrons. The van der Waals surface area contributed by atoms with E-state index in [0.717, 1.165) is 10.0 Å². The molecule has 0 unspecified atom stereocenters. The summed E-state index contributed by atoms with van der Waals surface area (Å²) in [5.41, 5.74) is 2.50. The van der Waals surface area contributed by atoms with E-state index in [4.69, 9.17) is 0 Å². The molecule has 0 aliphatic carbocycles. The maximum atomic E-state index is 12.2. The minimum atomic E-state index is 0.0520. The number of hydrogen-bond acceptors (Lipinski definition) is 1. The molecule has 0 saturated heterocycles. The Morgan fingerprint density at radius 1 is 1.00 bits per heavy atom. The first-order chi connectivity index (χ1) is 7.70. The minimum absolute atomic E-state index is 0.0520. The summed E-state index contributed by atoms with van der Waals surface area (Å²) in [5, 5.41) is 0. The summed E-state index contributed by atoms with van der Waals surface area (Å²) in [7, 11) is 0. The third-order valence-electron chi connectivity index (χ3n) is 2.47. The van der Waals surface area contributed by atoms with Crippen molar-refractivity contribution in [3.63, 3.8) is 0 Å². The van der Waals surface area contributed by atoms with Gasteiger partial charge in [-0.15, -0.1) is 0 Å². The fourth-order valence-corrected chi connectivity index (χ4v) is 2.01. The molecule has 0 amide bonds. The van der Waals surface area contributed by atoms with Crippen LogP contribution in [0.3, 0.4) is 0 Å². The Kier molecular flexibility index (Phi) is 3.20. The summed E-state index contributed by atoms with van der Waals surface area (Å²) in [6.07, 6.45) is 0. The molecule has 0 bridgehead atoms. The van der Waals surface area contributed by atoms with Gasteiger partial charge in [0.05, 0.1) is 0 Å². The Morgan fingerprint density at radius 2 is 1.69 bits per heavy atom. The highest BCUT2D eigenvalue weighted by Crippen LogP contribution is 2.23. The van der Waals surface area contributed by atoms with Gasteiger partial charge in [-0.25, -0.2) is 0 Å². The summed E-state index contributed by atoms with van der Waals surface area (Å²) in [5.74, 6) is 0.0520. The number of aryl methyl sites for hydroxylation is 1. The molecular formula is C14H11BrO. The normalized spacial score (nSPS) is 10.1. The summed E-state index contributed by atoms with van der Waals surface area (Å²) in [4.78, 5) is 12.2. The van der Waals surface area contributed by atoms with Crippen LogP contribution in [0, 0.1) is 6.92 Å². The summed E-state index contributed by atoms with van der Waals surface area (Å²) in [6, 6.07) is 15.0. The van der Waals surface area contributed by atoms with Gasteiger partial charge in [0, 0.05) is 15.6 Å². The number of rotatable bonds is 2. The number of carbonyl (C=O) groups is 1. The van der Waals surface area contributed by atoms with E-state index < -0.39 is 0 Å². The number of ketones is 1. The molecule has 0 heterocycles. The van der Waals surface area contributed by atoms with Crippen molar-refractivity contribution in [1.82, 2.24) is 0 Å². The zero-order valence-electron chi connectivity index (χ0n) is 8.91. The van der Waals surface area contributed by atoms with E-state index in [1.807, 2.05) is 55.5 Å². The van der Waals surface area contributed by atoms with Crippen molar-refractivity contribution < 1.29 is 4.79 Å². The number of benzene rings is 2. The molecule has 0 atom stereocenters. The monoisotopic (exact) mass is 274 g/mol. The lowest BCUT2D eigenvalue weighted by Crippen LogP contribution is -2.02. The van der Waals surface area contributed by atoms with Crippen molar-refractivity contribution in [3.05, 3.63) is 69.7 Å². The van der Waals surface area contributed by atoms with Crippen molar-refractivity contribution in [2.75, 3.05) is 0 Å². The molecular weight excluding hydrogens is 264 g/mol. The molecule has 1 nitrogen and oxygen atoms in total. The highest BCUT2D eigenvalue weighted by atomic mass is 79.9. The predicted molar refractivity (Wildman–Crippen MR) is 68.8 cm³/mol. The Bertz CT molecular complexity index is 518. The molecule has 0 saturated carbocycles. The van der Waals surface area contributed by atoms with Crippen LogP contribution in [-0.4, -0.2) is 5.78 Å². The van der Waals surface area contributed by atoms with Gasteiger partial charge in [-0.3, -0.25) is 4.79 Å². The van der Waals surface area contributed by atoms with E-state index >= 15 is 0 Å². The van der Waals surface area contributed by atoms with E-state index in [2.05, 4.69) is 15.9 Å². The molecule has 0 spiro atoms. The molecule has 80 valence electrons. The maximum absolute atomic E-state index is 12.2. The van der Waals surface area contributed by atoms with E-state index in [-0.39, 0.29) is 5.78 Å². The highest BCUT2D eigenvalue weighted by molar-refractivity contribution is 9.10. The lowest BCUT2D eigenvalue weighted by Gasteiger charge is -2.05. The van der Waals surface area contributed by atoms with Crippen LogP contribution < -0.4 is 0 Å². The van der Waals surface area contributed by atoms with Gasteiger partial charge < -0.3 is 0 Å². The van der Waals surface area contributed by atoms with Crippen molar-refractivity contribution in [2.45, 2.75) is 6.92 Å². The zero-order chi connectivity index (χ0) is 11.5. The van der Waals surface area contributed by atoms with Gasteiger partial charge in [-0.05, 0) is 34.5 Å². The van der Waals surface area contributed by atoms with Crippen LogP contribution >= 0.6 is 15.9 Å². The highest BCUT2D eigenvalue weighted by Gasteiger charge is 2.12. The Balaban J connectivity index is 2.46. The van der Waals surface area contributed by atoms with Crippen molar-refractivity contribution in [3.8, 4) is 0 Å². The van der Waals surface area contributed by atoms with Crippen LogP contribution in [-0.2, 0) is 0 Å². The van der Waals surface area contributed by atoms with Crippen LogP contribution in [0.1, 0.15) is 21.5 Å². The van der Waals surface area contributed by atoms with Gasteiger partial charge in [0.15, 0.2) is 5.78 Å². The molecule has 0 aromatic heterocycles. The summed E-state index contributed by atoms with van der Waals surface area (Å²) < 4.78 is 0.879. The molecule has 0 N–H and O–H groups in total. The molecule has 0 fully saturated rings. The lowest BCUT2D eigenvalue weighted by atomic mass is 10.0. The topological polar surface area (TPSA) is 17.1 Å². The van der Waals surface area contributed by atoms with Crippen molar-refractivity contribution in [2.24, 2.45) is 0 Å². The van der Waals surface area contributed by atoms with Crippen molar-refractivity contribution >= 4 is 21.7 Å². The van der Waals surface area contributed by atoms with Crippen LogP contribution in [0.25, 0.3) is 0 Å². The van der Waals surface area contributed by atoms with Gasteiger partial charge in [-0.1, -0.05) is 42.5 Å². The number of carbonyl (C=O) groups excluding carboxylic acids is 1. The third-order valence-corrected chi connectivity index (χ3v) is 3.52. The van der Waals surface area contributed by atoms with Crippen LogP contribution in [0.2, 0.25) is 0 Å². The van der Waals surface area contributed by atoms with Crippen LogP contribution in [0.15, 0.2) is 53.0 Å². The second kappa shape index (κ2) is 4.62. The van der Waals surface area contributed by atoms with Crippen molar-refractivity contribution in [1.29, 1.82) is 0 Å². The number of hydrogen-bond donors (Lipinski definition) is 0. The van der Waals surface area contributed by atoms with Gasteiger partial charge in [0.2, 0.25) is 0 Å². The fourth-order valence-electron chi connectivity index (χ4n) is 1.57. The fraction of sp³-hybridized carbons (Fsp3) is 0.0714. The Morgan fingerprint density at radius 3 is 2.38 bits per heavy atom. The quantitative estimate of drug-likeness (QED) is 0.757. The average molecular weight is 275 g/mol. The third kappa shape index (κ3) is 2.07. The van der Waals surface area contributed by atoms with E-state index in [0.29, 0.717) is 11.1 Å². The molecule has 2 rings (SSSR count). The molecule has 16 heavy (non-hydrogen) atoms. The molecule has 0 aliphatic heterocycles. The standard InChI is InChI=1S/C14H11BrO/c1-10-6-5-9-12(13(10)15)14(16)11-7-3-2-4-8-11/h2-9H,1H3. The van der Waals surface area contributed by atoms with Gasteiger partial charge in [0.1, 0.15) is 0 Å². The van der Waals surface area contributed by atoms with Gasteiger partial charge in [0.25, 0.3) is 0 Å². The molecule has 0 aliphatic rings. The SMILES string of the molecule is Cc1cccc(C(=O)c2ccccc2)c1Br. The van der Waals surface area contributed by atoms with Gasteiger partial charge >= 0.3 is 0 Å². The first-order valence-electron chi connectivity index (χ1n) is 5.05. The maximum Gasteiger partial charge on any atom is 0.194 e.